The summed E-state index contributed by atoms with van der Waals surface area (Å²) in [5.41, 5.74) is -0.0115. The molecule has 3 atom stereocenters. The highest BCUT2D eigenvalue weighted by molar-refractivity contribution is 7.19. The minimum Gasteiger partial charge on any atom is -0.372 e. The van der Waals surface area contributed by atoms with Crippen LogP contribution in [0.2, 0.25) is 14.6 Å². The molecule has 1 spiro atoms. The molecule has 6 rings (SSSR count). The number of imide groups is 2. The monoisotopic (exact) mass is 556 g/mol. The van der Waals surface area contributed by atoms with E-state index in [-0.39, 0.29) is 44.0 Å². The average molecular weight is 558 g/mol. The standard InChI is InChI=1S/C20H15Cl3N6O5S/c1-5-4-29-11-7(3-20(14(29)6(2)33-5)16(30)26-19(32)27-17(20)31)24-9-10(28-34-12(9)8(11)21)13-15(22)25-18(23)35-13/h5-6,14H,3-4H2,1-2H3,(H2,26,27,30,31,32)/t5-,6+,14-/m0/s1. The molecule has 3 aliphatic heterocycles. The van der Waals surface area contributed by atoms with Gasteiger partial charge in [-0.25, -0.2) is 14.8 Å². The van der Waals surface area contributed by atoms with Crippen molar-refractivity contribution in [3.63, 3.8) is 0 Å². The van der Waals surface area contributed by atoms with Crippen molar-refractivity contribution in [2.75, 3.05) is 11.4 Å². The van der Waals surface area contributed by atoms with Crippen LogP contribution in [0.5, 0.6) is 0 Å². The lowest BCUT2D eigenvalue weighted by Gasteiger charge is -2.55. The largest absolute Gasteiger partial charge is 0.372 e. The first-order valence-electron chi connectivity index (χ1n) is 10.5. The number of nitrogens with zero attached hydrogens (tertiary/aromatic N) is 4. The van der Waals surface area contributed by atoms with Crippen LogP contribution in [0.3, 0.4) is 0 Å². The van der Waals surface area contributed by atoms with Crippen LogP contribution in [0.4, 0.5) is 10.5 Å². The van der Waals surface area contributed by atoms with Crippen LogP contribution in [0.1, 0.15) is 19.5 Å². The van der Waals surface area contributed by atoms with E-state index in [2.05, 4.69) is 20.8 Å². The molecule has 2 N–H and O–H groups in total. The molecule has 0 aliphatic carbocycles. The summed E-state index contributed by atoms with van der Waals surface area (Å²) in [6, 6.07) is -1.63. The highest BCUT2D eigenvalue weighted by Gasteiger charge is 2.63. The number of hydrogen-bond donors (Lipinski definition) is 2. The Morgan fingerprint density at radius 3 is 2.49 bits per heavy atom. The Labute approximate surface area is 216 Å². The molecule has 0 saturated carbocycles. The lowest BCUT2D eigenvalue weighted by Crippen LogP contribution is -2.75. The summed E-state index contributed by atoms with van der Waals surface area (Å²) in [5.74, 6) is -1.45. The van der Waals surface area contributed by atoms with Crippen molar-refractivity contribution >= 4 is 80.8 Å². The number of carbonyl (C=O) groups is 3. The van der Waals surface area contributed by atoms with Crippen molar-refractivity contribution in [2.45, 2.75) is 38.5 Å². The van der Waals surface area contributed by atoms with Crippen LogP contribution in [-0.4, -0.2) is 57.8 Å². The third kappa shape index (κ3) is 3.13. The highest BCUT2D eigenvalue weighted by atomic mass is 35.5. The van der Waals surface area contributed by atoms with Gasteiger partial charge in [-0.2, -0.15) is 0 Å². The Balaban J connectivity index is 1.61. The second-order valence-corrected chi connectivity index (χ2v) is 11.0. The van der Waals surface area contributed by atoms with E-state index in [4.69, 9.17) is 49.0 Å². The molecule has 3 aromatic heterocycles. The fraction of sp³-hybridized carbons (Fsp3) is 0.400. The van der Waals surface area contributed by atoms with Gasteiger partial charge in [0.2, 0.25) is 17.4 Å². The average Bonchev–Trinajstić information content (AvgIpc) is 3.33. The van der Waals surface area contributed by atoms with E-state index < -0.39 is 35.4 Å². The molecular formula is C20H15Cl3N6O5S. The molecule has 2 fully saturated rings. The molecule has 2 saturated heterocycles. The predicted molar refractivity (Wildman–Crippen MR) is 127 cm³/mol. The summed E-state index contributed by atoms with van der Waals surface area (Å²) in [6.45, 7) is 3.97. The van der Waals surface area contributed by atoms with Gasteiger partial charge in [0, 0.05) is 13.0 Å². The van der Waals surface area contributed by atoms with Crippen LogP contribution in [0, 0.1) is 5.41 Å². The third-order valence-corrected chi connectivity index (χ3v) is 8.46. The Bertz CT molecular complexity index is 1440. The summed E-state index contributed by atoms with van der Waals surface area (Å²) in [7, 11) is 0. The van der Waals surface area contributed by atoms with Gasteiger partial charge in [0.15, 0.2) is 20.7 Å². The molecule has 11 nitrogen and oxygen atoms in total. The van der Waals surface area contributed by atoms with Crippen molar-refractivity contribution < 1.29 is 23.6 Å². The first-order valence-corrected chi connectivity index (χ1v) is 12.5. The fourth-order valence-corrected chi connectivity index (χ4v) is 7.04. The zero-order valence-electron chi connectivity index (χ0n) is 18.0. The summed E-state index contributed by atoms with van der Waals surface area (Å²) in [5, 5.41) is 8.94. The second-order valence-electron chi connectivity index (χ2n) is 8.65. The normalized spacial score (nSPS) is 25.5. The van der Waals surface area contributed by atoms with E-state index >= 15 is 0 Å². The van der Waals surface area contributed by atoms with Crippen molar-refractivity contribution in [3.05, 3.63) is 20.3 Å². The lowest BCUT2D eigenvalue weighted by atomic mass is 9.67. The van der Waals surface area contributed by atoms with Crippen LogP contribution >= 0.6 is 46.1 Å². The summed E-state index contributed by atoms with van der Waals surface area (Å²) in [4.78, 5) is 49.5. The molecular weight excluding hydrogens is 543 g/mol. The molecule has 182 valence electrons. The number of thiazole rings is 1. The van der Waals surface area contributed by atoms with E-state index in [0.717, 1.165) is 11.3 Å². The maximum Gasteiger partial charge on any atom is 0.328 e. The molecule has 3 aliphatic rings. The van der Waals surface area contributed by atoms with E-state index in [0.29, 0.717) is 22.8 Å². The number of rotatable bonds is 1. The van der Waals surface area contributed by atoms with Crippen molar-refractivity contribution in [2.24, 2.45) is 5.41 Å². The number of barbiturate groups is 1. The van der Waals surface area contributed by atoms with E-state index in [1.165, 1.54) is 0 Å². The van der Waals surface area contributed by atoms with Gasteiger partial charge in [0.1, 0.15) is 10.5 Å². The molecule has 0 aromatic carbocycles. The van der Waals surface area contributed by atoms with Crippen LogP contribution in [0.15, 0.2) is 4.52 Å². The number of ether oxygens (including phenoxy) is 1. The third-order valence-electron chi connectivity index (χ3n) is 6.55. The van der Waals surface area contributed by atoms with Gasteiger partial charge in [-0.1, -0.05) is 51.3 Å². The molecule has 15 heteroatoms. The van der Waals surface area contributed by atoms with Crippen LogP contribution in [0.25, 0.3) is 21.7 Å². The number of amides is 4. The molecule has 0 unspecified atom stereocenters. The Hall–Kier alpha value is -2.51. The Morgan fingerprint density at radius 2 is 1.83 bits per heavy atom. The quantitative estimate of drug-likeness (QED) is 0.432. The minimum absolute atomic E-state index is 0.128. The van der Waals surface area contributed by atoms with Gasteiger partial charge < -0.3 is 14.2 Å². The van der Waals surface area contributed by atoms with Gasteiger partial charge >= 0.3 is 6.03 Å². The highest BCUT2D eigenvalue weighted by Crippen LogP contribution is 2.51. The number of aromatic nitrogens is 3. The predicted octanol–water partition coefficient (Wildman–Crippen LogP) is 3.20. The summed E-state index contributed by atoms with van der Waals surface area (Å²) >= 11 is 20.2. The van der Waals surface area contributed by atoms with E-state index in [1.807, 2.05) is 11.8 Å². The first-order chi connectivity index (χ1) is 16.6. The van der Waals surface area contributed by atoms with Crippen molar-refractivity contribution in [1.29, 1.82) is 0 Å². The maximum absolute atomic E-state index is 13.3. The van der Waals surface area contributed by atoms with Gasteiger partial charge in [0.25, 0.3) is 0 Å². The zero-order valence-corrected chi connectivity index (χ0v) is 21.1. The van der Waals surface area contributed by atoms with Gasteiger partial charge in [-0.05, 0) is 13.8 Å². The molecule has 0 bridgehead atoms. The lowest BCUT2D eigenvalue weighted by molar-refractivity contribution is -0.153. The Morgan fingerprint density at radius 1 is 1.11 bits per heavy atom. The fourth-order valence-electron chi connectivity index (χ4n) is 5.33. The van der Waals surface area contributed by atoms with Gasteiger partial charge in [-0.3, -0.25) is 20.2 Å². The van der Waals surface area contributed by atoms with Gasteiger partial charge in [-0.15, -0.1) is 0 Å². The van der Waals surface area contributed by atoms with E-state index in [9.17, 15) is 14.4 Å². The number of anilines is 1. The number of morpholine rings is 1. The number of fused-ring (bicyclic) bond motifs is 5. The number of carbonyl (C=O) groups excluding carboxylic acids is 3. The van der Waals surface area contributed by atoms with Gasteiger partial charge in [0.05, 0.1) is 34.5 Å². The first kappa shape index (κ1) is 22.9. The number of pyridine rings is 1. The summed E-state index contributed by atoms with van der Waals surface area (Å²) in [6.07, 6.45) is -0.920. The SMILES string of the molecule is C[C@H]1CN2c3c(nc4c(-c5sc(Cl)nc5Cl)noc4c3Cl)CC3(C(=O)NC(=O)NC3=O)[C@@H]2[C@@H](C)O1. The number of hydrogen-bond acceptors (Lipinski definition) is 10. The minimum atomic E-state index is -1.69. The maximum atomic E-state index is 13.3. The molecule has 35 heavy (non-hydrogen) atoms. The Kier molecular flexibility index (Phi) is 5.07. The van der Waals surface area contributed by atoms with E-state index in [1.54, 1.807) is 6.92 Å². The molecule has 3 aromatic rings. The van der Waals surface area contributed by atoms with Crippen LogP contribution < -0.4 is 15.5 Å². The smallest absolute Gasteiger partial charge is 0.328 e. The topological polar surface area (TPSA) is 140 Å². The zero-order chi connectivity index (χ0) is 24.8. The number of nitrogens with one attached hydrogen (secondary N) is 2. The second kappa shape index (κ2) is 7.74. The van der Waals surface area contributed by atoms with Crippen molar-refractivity contribution in [1.82, 2.24) is 25.8 Å². The molecule has 4 amide bonds. The van der Waals surface area contributed by atoms with Crippen LogP contribution in [-0.2, 0) is 20.7 Å². The molecule has 0 radical (unpaired) electrons. The molecule has 6 heterocycles. The van der Waals surface area contributed by atoms with Crippen molar-refractivity contribution in [3.8, 4) is 10.6 Å². The summed E-state index contributed by atoms with van der Waals surface area (Å²) < 4.78 is 11.8. The number of halogens is 3. The number of urea groups is 1.